The van der Waals surface area contributed by atoms with Crippen molar-refractivity contribution in [2.24, 2.45) is 29.4 Å². The molecule has 0 aromatic heterocycles. The molecule has 0 radical (unpaired) electrons. The van der Waals surface area contributed by atoms with Crippen LogP contribution in [0.3, 0.4) is 0 Å². The van der Waals surface area contributed by atoms with E-state index in [2.05, 4.69) is 13.8 Å². The molecule has 4 unspecified atom stereocenters. The van der Waals surface area contributed by atoms with Crippen LogP contribution in [0.25, 0.3) is 0 Å². The Hall–Kier alpha value is -0.0400. The van der Waals surface area contributed by atoms with Crippen molar-refractivity contribution in [1.82, 2.24) is 0 Å². The summed E-state index contributed by atoms with van der Waals surface area (Å²) >= 11 is 0. The van der Waals surface area contributed by atoms with Crippen molar-refractivity contribution < 1.29 is 0 Å². The highest BCUT2D eigenvalue weighted by atomic mass is 14.6. The first-order valence-corrected chi connectivity index (χ1v) is 6.90. The summed E-state index contributed by atoms with van der Waals surface area (Å²) in [6.45, 7) is 4.55. The number of fused-ring (bicyclic) bond motifs is 2. The van der Waals surface area contributed by atoms with Crippen LogP contribution in [0.4, 0.5) is 0 Å². The zero-order valence-corrected chi connectivity index (χ0v) is 10.4. The van der Waals surface area contributed by atoms with Crippen molar-refractivity contribution in [3.8, 4) is 0 Å². The van der Waals surface area contributed by atoms with E-state index in [0.29, 0.717) is 6.04 Å². The molecule has 1 heteroatoms. The zero-order valence-electron chi connectivity index (χ0n) is 10.4. The van der Waals surface area contributed by atoms with E-state index in [1.54, 1.807) is 6.42 Å². The molecule has 0 aromatic carbocycles. The fraction of sp³-hybridized carbons (Fsp3) is 1.00. The first-order valence-electron chi connectivity index (χ1n) is 6.90. The molecule has 2 rings (SSSR count). The lowest BCUT2D eigenvalue weighted by atomic mass is 9.84. The van der Waals surface area contributed by atoms with Gasteiger partial charge in [0.2, 0.25) is 0 Å². The zero-order chi connectivity index (χ0) is 10.8. The van der Waals surface area contributed by atoms with Gasteiger partial charge < -0.3 is 5.73 Å². The lowest BCUT2D eigenvalue weighted by molar-refractivity contribution is 0.294. The minimum atomic E-state index is 0.462. The van der Waals surface area contributed by atoms with Crippen molar-refractivity contribution >= 4 is 0 Å². The largest absolute Gasteiger partial charge is 0.328 e. The number of hydrogen-bond acceptors (Lipinski definition) is 1. The van der Waals surface area contributed by atoms with Crippen molar-refractivity contribution in [2.75, 3.05) is 0 Å². The normalized spacial score (nSPS) is 36.4. The van der Waals surface area contributed by atoms with E-state index in [-0.39, 0.29) is 0 Å². The molecule has 0 heterocycles. The Morgan fingerprint density at radius 2 is 2.00 bits per heavy atom. The van der Waals surface area contributed by atoms with Gasteiger partial charge in [-0.25, -0.2) is 0 Å². The molecule has 0 aliphatic heterocycles. The van der Waals surface area contributed by atoms with Gasteiger partial charge in [-0.3, -0.25) is 0 Å². The van der Waals surface area contributed by atoms with Gasteiger partial charge in [0, 0.05) is 6.04 Å². The summed E-state index contributed by atoms with van der Waals surface area (Å²) in [6, 6.07) is 0.462. The maximum absolute atomic E-state index is 6.15. The Kier molecular flexibility index (Phi) is 3.71. The summed E-state index contributed by atoms with van der Waals surface area (Å²) < 4.78 is 0. The van der Waals surface area contributed by atoms with Crippen LogP contribution in [0.5, 0.6) is 0 Å². The molecule has 1 nitrogen and oxygen atoms in total. The van der Waals surface area contributed by atoms with Gasteiger partial charge in [-0.1, -0.05) is 20.3 Å². The summed E-state index contributed by atoms with van der Waals surface area (Å²) in [5, 5.41) is 0. The highest BCUT2D eigenvalue weighted by Gasteiger charge is 2.38. The van der Waals surface area contributed by atoms with Gasteiger partial charge in [0.05, 0.1) is 0 Å². The SMILES string of the molecule is CC(C)CC(N)CCC1CC2CCC1C2. The van der Waals surface area contributed by atoms with Gasteiger partial charge in [0.1, 0.15) is 0 Å². The molecule has 2 aliphatic rings. The Balaban J connectivity index is 1.66. The third-order valence-corrected chi connectivity index (χ3v) is 4.57. The van der Waals surface area contributed by atoms with Crippen LogP contribution >= 0.6 is 0 Å². The monoisotopic (exact) mass is 209 g/mol. The molecule has 2 aliphatic carbocycles. The fourth-order valence-electron chi connectivity index (χ4n) is 3.88. The van der Waals surface area contributed by atoms with E-state index in [1.165, 1.54) is 38.5 Å². The lowest BCUT2D eigenvalue weighted by Gasteiger charge is -2.23. The van der Waals surface area contributed by atoms with E-state index in [9.17, 15) is 0 Å². The lowest BCUT2D eigenvalue weighted by Crippen LogP contribution is -2.24. The molecule has 0 aromatic rings. The van der Waals surface area contributed by atoms with Crippen LogP contribution in [0.2, 0.25) is 0 Å². The molecule has 2 saturated carbocycles. The molecule has 2 N–H and O–H groups in total. The van der Waals surface area contributed by atoms with Crippen LogP contribution in [-0.4, -0.2) is 6.04 Å². The predicted octanol–water partition coefficient (Wildman–Crippen LogP) is 3.58. The van der Waals surface area contributed by atoms with Gasteiger partial charge in [-0.05, 0) is 62.2 Å². The highest BCUT2D eigenvalue weighted by Crippen LogP contribution is 2.49. The molecule has 0 amide bonds. The van der Waals surface area contributed by atoms with E-state index in [1.807, 2.05) is 0 Å². The first-order chi connectivity index (χ1) is 7.15. The smallest absolute Gasteiger partial charge is 0.00413 e. The van der Waals surface area contributed by atoms with Crippen LogP contribution in [0.15, 0.2) is 0 Å². The topological polar surface area (TPSA) is 26.0 Å². The molecule has 15 heavy (non-hydrogen) atoms. The van der Waals surface area contributed by atoms with Gasteiger partial charge >= 0.3 is 0 Å². The number of rotatable bonds is 5. The van der Waals surface area contributed by atoms with Gasteiger partial charge in [-0.2, -0.15) is 0 Å². The van der Waals surface area contributed by atoms with Crippen LogP contribution in [0.1, 0.15) is 58.8 Å². The predicted molar refractivity (Wildman–Crippen MR) is 65.6 cm³/mol. The maximum atomic E-state index is 6.15. The third-order valence-electron chi connectivity index (χ3n) is 4.57. The summed E-state index contributed by atoms with van der Waals surface area (Å²) in [7, 11) is 0. The van der Waals surface area contributed by atoms with Gasteiger partial charge in [0.25, 0.3) is 0 Å². The molecule has 2 fully saturated rings. The molecule has 0 spiro atoms. The minimum absolute atomic E-state index is 0.462. The quantitative estimate of drug-likeness (QED) is 0.736. The summed E-state index contributed by atoms with van der Waals surface area (Å²) in [5.41, 5.74) is 6.15. The number of nitrogens with two attached hydrogens (primary N) is 1. The summed E-state index contributed by atoms with van der Waals surface area (Å²) in [4.78, 5) is 0. The molecular formula is C14H27N. The standard InChI is InChI=1S/C14H27N/c1-10(2)7-14(15)6-5-13-9-11-3-4-12(13)8-11/h10-14H,3-9,15H2,1-2H3. The second-order valence-electron chi connectivity index (χ2n) is 6.40. The Bertz CT molecular complexity index is 200. The van der Waals surface area contributed by atoms with Crippen LogP contribution in [-0.2, 0) is 0 Å². The van der Waals surface area contributed by atoms with Crippen molar-refractivity contribution in [3.05, 3.63) is 0 Å². The minimum Gasteiger partial charge on any atom is -0.328 e. The molecule has 4 atom stereocenters. The van der Waals surface area contributed by atoms with E-state index in [0.717, 1.165) is 23.7 Å². The Morgan fingerprint density at radius 1 is 1.20 bits per heavy atom. The first kappa shape index (κ1) is 11.4. The van der Waals surface area contributed by atoms with Crippen LogP contribution < -0.4 is 5.73 Å². The van der Waals surface area contributed by atoms with E-state index >= 15 is 0 Å². The fourth-order valence-corrected chi connectivity index (χ4v) is 3.88. The third kappa shape index (κ3) is 2.96. The van der Waals surface area contributed by atoms with Crippen molar-refractivity contribution in [1.29, 1.82) is 0 Å². The highest BCUT2D eigenvalue weighted by molar-refractivity contribution is 4.90. The van der Waals surface area contributed by atoms with E-state index < -0.39 is 0 Å². The average Bonchev–Trinajstić information content (AvgIpc) is 2.74. The second-order valence-corrected chi connectivity index (χ2v) is 6.40. The average molecular weight is 209 g/mol. The van der Waals surface area contributed by atoms with Gasteiger partial charge in [0.15, 0.2) is 0 Å². The summed E-state index contributed by atoms with van der Waals surface area (Å²) in [6.07, 6.45) is 10.0. The maximum Gasteiger partial charge on any atom is 0.00413 e. The molecule has 2 bridgehead atoms. The van der Waals surface area contributed by atoms with Crippen LogP contribution in [0, 0.1) is 23.7 Å². The molecule has 88 valence electrons. The Morgan fingerprint density at radius 3 is 2.53 bits per heavy atom. The Labute approximate surface area is 94.8 Å². The molecular weight excluding hydrogens is 182 g/mol. The van der Waals surface area contributed by atoms with Crippen molar-refractivity contribution in [2.45, 2.75) is 64.8 Å². The van der Waals surface area contributed by atoms with Crippen molar-refractivity contribution in [3.63, 3.8) is 0 Å². The number of hydrogen-bond donors (Lipinski definition) is 1. The van der Waals surface area contributed by atoms with Gasteiger partial charge in [-0.15, -0.1) is 0 Å². The summed E-state index contributed by atoms with van der Waals surface area (Å²) in [5.74, 6) is 3.99. The second kappa shape index (κ2) is 4.86. The molecule has 0 saturated heterocycles. The van der Waals surface area contributed by atoms with E-state index in [4.69, 9.17) is 5.73 Å².